The first-order valence-corrected chi connectivity index (χ1v) is 7.45. The molecule has 1 saturated heterocycles. The molecule has 3 nitrogen and oxygen atoms in total. The van der Waals surface area contributed by atoms with Crippen molar-refractivity contribution in [3.05, 3.63) is 16.1 Å². The van der Waals surface area contributed by atoms with Gasteiger partial charge in [0.2, 0.25) is 0 Å². The normalized spacial score (nSPS) is 28.8. The van der Waals surface area contributed by atoms with E-state index in [1.807, 2.05) is 17.5 Å². The van der Waals surface area contributed by atoms with Crippen LogP contribution in [0, 0.1) is 0 Å². The van der Waals surface area contributed by atoms with Gasteiger partial charge >= 0.3 is 0 Å². The van der Waals surface area contributed by atoms with E-state index in [4.69, 9.17) is 4.74 Å². The minimum Gasteiger partial charge on any atom is -0.377 e. The van der Waals surface area contributed by atoms with Crippen molar-refractivity contribution in [2.75, 3.05) is 6.61 Å². The van der Waals surface area contributed by atoms with Crippen molar-refractivity contribution in [3.63, 3.8) is 0 Å². The monoisotopic (exact) mass is 268 g/mol. The SMILES string of the molecule is CC1OCCC1(C)NCc1cnc(C(C)(C)C)s1. The molecule has 0 saturated carbocycles. The van der Waals surface area contributed by atoms with E-state index in [1.54, 1.807) is 0 Å². The molecule has 0 amide bonds. The van der Waals surface area contributed by atoms with Gasteiger partial charge in [-0.25, -0.2) is 4.98 Å². The van der Waals surface area contributed by atoms with E-state index >= 15 is 0 Å². The van der Waals surface area contributed by atoms with Crippen LogP contribution < -0.4 is 5.32 Å². The fourth-order valence-corrected chi connectivity index (χ4v) is 3.00. The molecule has 1 aromatic heterocycles. The van der Waals surface area contributed by atoms with Crippen molar-refractivity contribution >= 4 is 11.3 Å². The lowest BCUT2D eigenvalue weighted by Crippen LogP contribution is -2.47. The largest absolute Gasteiger partial charge is 0.377 e. The summed E-state index contributed by atoms with van der Waals surface area (Å²) in [5.41, 5.74) is 0.252. The van der Waals surface area contributed by atoms with E-state index in [1.165, 1.54) is 9.88 Å². The quantitative estimate of drug-likeness (QED) is 0.914. The van der Waals surface area contributed by atoms with Gasteiger partial charge in [-0.2, -0.15) is 0 Å². The van der Waals surface area contributed by atoms with E-state index < -0.39 is 0 Å². The average Bonchev–Trinajstić information content (AvgIpc) is 2.84. The molecule has 18 heavy (non-hydrogen) atoms. The molecule has 0 radical (unpaired) electrons. The topological polar surface area (TPSA) is 34.1 Å². The smallest absolute Gasteiger partial charge is 0.0981 e. The van der Waals surface area contributed by atoms with Gasteiger partial charge in [-0.05, 0) is 20.3 Å². The summed E-state index contributed by atoms with van der Waals surface area (Å²) in [4.78, 5) is 5.83. The fraction of sp³-hybridized carbons (Fsp3) is 0.786. The number of aromatic nitrogens is 1. The zero-order valence-corrected chi connectivity index (χ0v) is 12.9. The van der Waals surface area contributed by atoms with E-state index in [-0.39, 0.29) is 17.1 Å². The predicted molar refractivity (Wildman–Crippen MR) is 76.1 cm³/mol. The number of nitrogens with one attached hydrogen (secondary N) is 1. The minimum atomic E-state index is 0.103. The van der Waals surface area contributed by atoms with Gasteiger partial charge < -0.3 is 10.1 Å². The zero-order valence-electron chi connectivity index (χ0n) is 12.0. The van der Waals surface area contributed by atoms with Crippen LogP contribution in [0.25, 0.3) is 0 Å². The Balaban J connectivity index is 1.97. The molecule has 1 aliphatic heterocycles. The first kappa shape index (κ1) is 14.0. The maximum Gasteiger partial charge on any atom is 0.0981 e. The lowest BCUT2D eigenvalue weighted by Gasteiger charge is -2.28. The second kappa shape index (κ2) is 4.91. The third-order valence-corrected chi connectivity index (χ3v) is 5.17. The van der Waals surface area contributed by atoms with Gasteiger partial charge in [0.15, 0.2) is 0 Å². The van der Waals surface area contributed by atoms with Crippen LogP contribution in [0.4, 0.5) is 0 Å². The molecule has 2 atom stereocenters. The van der Waals surface area contributed by atoms with Crippen LogP contribution in [-0.2, 0) is 16.7 Å². The number of thiazole rings is 1. The Labute approximate surface area is 114 Å². The van der Waals surface area contributed by atoms with E-state index in [0.29, 0.717) is 0 Å². The minimum absolute atomic E-state index is 0.103. The van der Waals surface area contributed by atoms with Crippen molar-refractivity contribution in [1.82, 2.24) is 10.3 Å². The van der Waals surface area contributed by atoms with Crippen LogP contribution in [0.2, 0.25) is 0 Å². The maximum atomic E-state index is 5.64. The Bertz CT molecular complexity index is 410. The van der Waals surface area contributed by atoms with E-state index in [2.05, 4.69) is 44.9 Å². The predicted octanol–water partition coefficient (Wildman–Crippen LogP) is 3.10. The summed E-state index contributed by atoms with van der Waals surface area (Å²) < 4.78 is 5.64. The first-order valence-electron chi connectivity index (χ1n) is 6.63. The molecule has 102 valence electrons. The van der Waals surface area contributed by atoms with Crippen molar-refractivity contribution < 1.29 is 4.74 Å². The molecule has 1 N–H and O–H groups in total. The third-order valence-electron chi connectivity index (χ3n) is 3.75. The Morgan fingerprint density at radius 3 is 2.78 bits per heavy atom. The zero-order chi connectivity index (χ0) is 13.4. The Morgan fingerprint density at radius 1 is 1.56 bits per heavy atom. The second-order valence-electron chi connectivity index (χ2n) is 6.42. The Hall–Kier alpha value is -0.450. The van der Waals surface area contributed by atoms with Crippen LogP contribution in [0.15, 0.2) is 6.20 Å². The van der Waals surface area contributed by atoms with Crippen LogP contribution >= 0.6 is 11.3 Å². The van der Waals surface area contributed by atoms with Gasteiger partial charge in [-0.15, -0.1) is 11.3 Å². The molecule has 2 rings (SSSR count). The van der Waals surface area contributed by atoms with Crippen molar-refractivity contribution in [2.45, 2.75) is 64.6 Å². The number of hydrogen-bond acceptors (Lipinski definition) is 4. The lowest BCUT2D eigenvalue weighted by atomic mass is 9.95. The maximum absolute atomic E-state index is 5.64. The molecule has 0 spiro atoms. The molecule has 1 fully saturated rings. The summed E-state index contributed by atoms with van der Waals surface area (Å²) in [6, 6.07) is 0. The summed E-state index contributed by atoms with van der Waals surface area (Å²) in [5.74, 6) is 0. The fourth-order valence-electron chi connectivity index (χ4n) is 2.09. The van der Waals surface area contributed by atoms with Crippen LogP contribution in [0.5, 0.6) is 0 Å². The number of ether oxygens (including phenoxy) is 1. The van der Waals surface area contributed by atoms with Crippen LogP contribution in [0.1, 0.15) is 50.9 Å². The highest BCUT2D eigenvalue weighted by Gasteiger charge is 2.36. The molecule has 4 heteroatoms. The number of nitrogens with zero attached hydrogens (tertiary/aromatic N) is 1. The summed E-state index contributed by atoms with van der Waals surface area (Å²) in [6.07, 6.45) is 3.37. The Morgan fingerprint density at radius 2 is 2.28 bits per heavy atom. The molecular weight excluding hydrogens is 244 g/mol. The van der Waals surface area contributed by atoms with Gasteiger partial charge in [-0.1, -0.05) is 20.8 Å². The average molecular weight is 268 g/mol. The molecule has 1 aromatic rings. The molecule has 0 bridgehead atoms. The molecule has 0 aliphatic carbocycles. The highest BCUT2D eigenvalue weighted by molar-refractivity contribution is 7.11. The summed E-state index contributed by atoms with van der Waals surface area (Å²) in [5, 5.41) is 4.84. The lowest BCUT2D eigenvalue weighted by molar-refractivity contribution is 0.0882. The molecular formula is C14H24N2OS. The van der Waals surface area contributed by atoms with E-state index in [9.17, 15) is 0 Å². The van der Waals surface area contributed by atoms with Gasteiger partial charge in [0.25, 0.3) is 0 Å². The van der Waals surface area contributed by atoms with Gasteiger partial charge in [0, 0.05) is 35.2 Å². The van der Waals surface area contributed by atoms with Crippen LogP contribution in [-0.4, -0.2) is 23.2 Å². The highest BCUT2D eigenvalue weighted by Crippen LogP contribution is 2.29. The van der Waals surface area contributed by atoms with Gasteiger partial charge in [0.1, 0.15) is 0 Å². The summed E-state index contributed by atoms with van der Waals surface area (Å²) in [7, 11) is 0. The van der Waals surface area contributed by atoms with Crippen molar-refractivity contribution in [3.8, 4) is 0 Å². The second-order valence-corrected chi connectivity index (χ2v) is 7.53. The summed E-state index contributed by atoms with van der Waals surface area (Å²) in [6.45, 7) is 12.8. The van der Waals surface area contributed by atoms with Gasteiger partial charge in [0.05, 0.1) is 11.1 Å². The Kier molecular flexibility index (Phi) is 3.81. The van der Waals surface area contributed by atoms with E-state index in [0.717, 1.165) is 19.6 Å². The standard InChI is InChI=1S/C14H24N2OS/c1-10-14(5,6-7-17-10)16-9-11-8-15-12(18-11)13(2,3)4/h8,10,16H,6-7,9H2,1-5H3. The number of rotatable bonds is 3. The molecule has 2 unspecified atom stereocenters. The number of hydrogen-bond donors (Lipinski definition) is 1. The van der Waals surface area contributed by atoms with Crippen molar-refractivity contribution in [1.29, 1.82) is 0 Å². The van der Waals surface area contributed by atoms with Crippen molar-refractivity contribution in [2.24, 2.45) is 0 Å². The molecule has 0 aromatic carbocycles. The first-order chi connectivity index (χ1) is 8.31. The van der Waals surface area contributed by atoms with Crippen LogP contribution in [0.3, 0.4) is 0 Å². The summed E-state index contributed by atoms with van der Waals surface area (Å²) >= 11 is 1.81. The molecule has 2 heterocycles. The molecule has 1 aliphatic rings. The van der Waals surface area contributed by atoms with Gasteiger partial charge in [-0.3, -0.25) is 0 Å². The highest BCUT2D eigenvalue weighted by atomic mass is 32.1. The third kappa shape index (κ3) is 2.92.